The van der Waals surface area contributed by atoms with Gasteiger partial charge in [-0.3, -0.25) is 4.79 Å². The fourth-order valence-corrected chi connectivity index (χ4v) is 2.46. The fraction of sp³-hybridized carbons (Fsp3) is 0.316. The zero-order chi connectivity index (χ0) is 15.9. The van der Waals surface area contributed by atoms with Crippen molar-refractivity contribution in [2.75, 3.05) is 23.3 Å². The number of amides is 1. The van der Waals surface area contributed by atoms with Crippen molar-refractivity contribution < 1.29 is 4.79 Å². The van der Waals surface area contributed by atoms with Gasteiger partial charge in [0.15, 0.2) is 0 Å². The molecule has 1 amide bonds. The zero-order valence-electron chi connectivity index (χ0n) is 13.6. The van der Waals surface area contributed by atoms with Crippen molar-refractivity contribution in [3.8, 4) is 0 Å². The van der Waals surface area contributed by atoms with Crippen LogP contribution in [0, 0.1) is 13.8 Å². The van der Waals surface area contributed by atoms with Crippen LogP contribution in [-0.4, -0.2) is 19.0 Å². The van der Waals surface area contributed by atoms with Crippen LogP contribution in [0.4, 0.5) is 11.4 Å². The van der Waals surface area contributed by atoms with Crippen LogP contribution >= 0.6 is 0 Å². The molecule has 0 radical (unpaired) electrons. The molecule has 2 rings (SSSR count). The first-order valence-electron chi connectivity index (χ1n) is 7.77. The summed E-state index contributed by atoms with van der Waals surface area (Å²) in [6.07, 6.45) is 0.482. The first-order chi connectivity index (χ1) is 10.6. The summed E-state index contributed by atoms with van der Waals surface area (Å²) in [5.41, 5.74) is 4.39. The minimum absolute atomic E-state index is 0.0559. The smallest absolute Gasteiger partial charge is 0.226 e. The number of hydrogen-bond donors (Lipinski definition) is 1. The van der Waals surface area contributed by atoms with Gasteiger partial charge in [-0.25, -0.2) is 0 Å². The molecule has 116 valence electrons. The molecule has 0 aliphatic rings. The molecule has 0 aromatic heterocycles. The van der Waals surface area contributed by atoms with E-state index in [9.17, 15) is 4.79 Å². The van der Waals surface area contributed by atoms with Crippen LogP contribution in [-0.2, 0) is 4.79 Å². The average Bonchev–Trinajstić information content (AvgIpc) is 2.50. The number of para-hydroxylation sites is 1. The van der Waals surface area contributed by atoms with Crippen molar-refractivity contribution in [3.05, 3.63) is 59.7 Å². The second-order valence-electron chi connectivity index (χ2n) is 5.53. The first-order valence-corrected chi connectivity index (χ1v) is 7.77. The number of hydrogen-bond acceptors (Lipinski definition) is 2. The van der Waals surface area contributed by atoms with Crippen molar-refractivity contribution >= 4 is 17.3 Å². The van der Waals surface area contributed by atoms with E-state index in [-0.39, 0.29) is 5.91 Å². The van der Waals surface area contributed by atoms with E-state index >= 15 is 0 Å². The second-order valence-corrected chi connectivity index (χ2v) is 5.53. The fourth-order valence-electron chi connectivity index (χ4n) is 2.46. The maximum absolute atomic E-state index is 12.1. The van der Waals surface area contributed by atoms with Gasteiger partial charge in [0.25, 0.3) is 0 Å². The summed E-state index contributed by atoms with van der Waals surface area (Å²) < 4.78 is 0. The maximum Gasteiger partial charge on any atom is 0.226 e. The van der Waals surface area contributed by atoms with Crippen molar-refractivity contribution in [1.82, 2.24) is 0 Å². The number of carbonyl (C=O) groups excluding carboxylic acids is 1. The molecular weight excluding hydrogens is 272 g/mol. The molecule has 0 aliphatic heterocycles. The molecular formula is C19H24N2O. The number of benzene rings is 2. The van der Waals surface area contributed by atoms with Gasteiger partial charge in [-0.15, -0.1) is 0 Å². The monoisotopic (exact) mass is 296 g/mol. The highest BCUT2D eigenvalue weighted by Crippen LogP contribution is 2.17. The number of aryl methyl sites for hydroxylation is 2. The van der Waals surface area contributed by atoms with E-state index in [1.165, 1.54) is 11.3 Å². The lowest BCUT2D eigenvalue weighted by Crippen LogP contribution is -2.27. The highest BCUT2D eigenvalue weighted by atomic mass is 16.1. The van der Waals surface area contributed by atoms with E-state index in [1.807, 2.05) is 31.2 Å². The Balaban J connectivity index is 1.93. The van der Waals surface area contributed by atoms with Crippen LogP contribution in [0.2, 0.25) is 0 Å². The summed E-state index contributed by atoms with van der Waals surface area (Å²) in [7, 11) is 0. The Morgan fingerprint density at radius 2 is 1.86 bits per heavy atom. The molecule has 0 atom stereocenters. The third kappa shape index (κ3) is 4.35. The molecule has 0 fully saturated rings. The topological polar surface area (TPSA) is 32.3 Å². The van der Waals surface area contributed by atoms with Gasteiger partial charge >= 0.3 is 0 Å². The number of rotatable bonds is 6. The first kappa shape index (κ1) is 16.1. The van der Waals surface area contributed by atoms with Gasteiger partial charge in [-0.1, -0.05) is 30.3 Å². The lowest BCUT2D eigenvalue weighted by molar-refractivity contribution is -0.116. The summed E-state index contributed by atoms with van der Waals surface area (Å²) in [6.45, 7) is 7.81. The molecule has 3 heteroatoms. The van der Waals surface area contributed by atoms with Crippen molar-refractivity contribution in [1.29, 1.82) is 0 Å². The standard InChI is InChI=1S/C19H24N2O/c1-4-21(17-10-7-8-15(2)14-17)13-12-19(22)20-18-11-6-5-9-16(18)3/h5-11,14H,4,12-13H2,1-3H3,(H,20,22). The summed E-state index contributed by atoms with van der Waals surface area (Å²) in [5, 5.41) is 2.99. The predicted molar refractivity (Wildman–Crippen MR) is 93.5 cm³/mol. The molecule has 0 heterocycles. The van der Waals surface area contributed by atoms with Crippen LogP contribution in [0.1, 0.15) is 24.5 Å². The third-order valence-electron chi connectivity index (χ3n) is 3.78. The molecule has 2 aromatic carbocycles. The molecule has 0 bridgehead atoms. The summed E-state index contributed by atoms with van der Waals surface area (Å²) in [4.78, 5) is 14.4. The molecule has 2 aromatic rings. The van der Waals surface area contributed by atoms with Gasteiger partial charge in [0, 0.05) is 30.9 Å². The van der Waals surface area contributed by atoms with Crippen molar-refractivity contribution in [3.63, 3.8) is 0 Å². The van der Waals surface area contributed by atoms with E-state index in [0.717, 1.165) is 24.3 Å². The second kappa shape index (κ2) is 7.64. The molecule has 0 aliphatic carbocycles. The van der Waals surface area contributed by atoms with Gasteiger partial charge in [-0.05, 0) is 50.1 Å². The van der Waals surface area contributed by atoms with Gasteiger partial charge < -0.3 is 10.2 Å². The highest BCUT2D eigenvalue weighted by Gasteiger charge is 2.09. The Morgan fingerprint density at radius 3 is 2.55 bits per heavy atom. The van der Waals surface area contributed by atoms with Crippen LogP contribution in [0.3, 0.4) is 0 Å². The average molecular weight is 296 g/mol. The van der Waals surface area contributed by atoms with E-state index in [4.69, 9.17) is 0 Å². The predicted octanol–water partition coefficient (Wildman–Crippen LogP) is 4.16. The minimum Gasteiger partial charge on any atom is -0.371 e. The molecule has 0 unspecified atom stereocenters. The van der Waals surface area contributed by atoms with Crippen molar-refractivity contribution in [2.24, 2.45) is 0 Å². The molecule has 0 saturated carbocycles. The normalized spacial score (nSPS) is 10.3. The summed E-state index contributed by atoms with van der Waals surface area (Å²) in [5.74, 6) is 0.0559. The molecule has 22 heavy (non-hydrogen) atoms. The largest absolute Gasteiger partial charge is 0.371 e. The van der Waals surface area contributed by atoms with Gasteiger partial charge in [0.2, 0.25) is 5.91 Å². The quantitative estimate of drug-likeness (QED) is 0.868. The number of nitrogens with zero attached hydrogens (tertiary/aromatic N) is 1. The SMILES string of the molecule is CCN(CCC(=O)Nc1ccccc1C)c1cccc(C)c1. The minimum atomic E-state index is 0.0559. The highest BCUT2D eigenvalue weighted by molar-refractivity contribution is 5.91. The van der Waals surface area contributed by atoms with E-state index < -0.39 is 0 Å². The number of carbonyl (C=O) groups is 1. The van der Waals surface area contributed by atoms with E-state index in [1.54, 1.807) is 0 Å². The Hall–Kier alpha value is -2.29. The van der Waals surface area contributed by atoms with Crippen LogP contribution in [0.15, 0.2) is 48.5 Å². The number of anilines is 2. The Morgan fingerprint density at radius 1 is 1.09 bits per heavy atom. The molecule has 3 nitrogen and oxygen atoms in total. The third-order valence-corrected chi connectivity index (χ3v) is 3.78. The lowest BCUT2D eigenvalue weighted by Gasteiger charge is -2.23. The van der Waals surface area contributed by atoms with Crippen LogP contribution in [0.25, 0.3) is 0 Å². The summed E-state index contributed by atoms with van der Waals surface area (Å²) in [6, 6.07) is 16.2. The van der Waals surface area contributed by atoms with Gasteiger partial charge in [0.05, 0.1) is 0 Å². The molecule has 1 N–H and O–H groups in total. The van der Waals surface area contributed by atoms with Gasteiger partial charge in [0.1, 0.15) is 0 Å². The zero-order valence-corrected chi connectivity index (χ0v) is 13.6. The maximum atomic E-state index is 12.1. The Bertz CT molecular complexity index is 637. The summed E-state index contributed by atoms with van der Waals surface area (Å²) >= 11 is 0. The van der Waals surface area contributed by atoms with Crippen LogP contribution in [0.5, 0.6) is 0 Å². The van der Waals surface area contributed by atoms with E-state index in [0.29, 0.717) is 6.42 Å². The van der Waals surface area contributed by atoms with Crippen LogP contribution < -0.4 is 10.2 Å². The lowest BCUT2D eigenvalue weighted by atomic mass is 10.2. The van der Waals surface area contributed by atoms with E-state index in [2.05, 4.69) is 48.3 Å². The Kier molecular flexibility index (Phi) is 5.59. The molecule has 0 saturated heterocycles. The molecule has 0 spiro atoms. The van der Waals surface area contributed by atoms with Gasteiger partial charge in [-0.2, -0.15) is 0 Å². The van der Waals surface area contributed by atoms with Crippen molar-refractivity contribution in [2.45, 2.75) is 27.2 Å². The number of nitrogens with one attached hydrogen (secondary N) is 1. The Labute approximate surface area is 133 Å².